The molecule has 2 heteroatoms. The summed E-state index contributed by atoms with van der Waals surface area (Å²) in [5.41, 5.74) is 1.44. The summed E-state index contributed by atoms with van der Waals surface area (Å²) in [6.07, 6.45) is 14.4. The van der Waals surface area contributed by atoms with Gasteiger partial charge in [0.2, 0.25) is 0 Å². The van der Waals surface area contributed by atoms with E-state index in [1.807, 2.05) is 0 Å². The number of nitrogens with zero attached hydrogens (tertiary/aromatic N) is 1. The maximum atomic E-state index is 3.72. The largest absolute Gasteiger partial charge is 0.386 e. The first-order valence-electron chi connectivity index (χ1n) is 7.23. The fraction of sp³-hybridized carbons (Fsp3) is 0.733. The maximum absolute atomic E-state index is 3.72. The summed E-state index contributed by atoms with van der Waals surface area (Å²) in [5.74, 6) is 0. The lowest BCUT2D eigenvalue weighted by Crippen LogP contribution is -2.42. The number of hydrogen-bond donors (Lipinski definition) is 1. The van der Waals surface area contributed by atoms with Crippen LogP contribution in [0.15, 0.2) is 23.9 Å². The molecule has 2 aliphatic rings. The van der Waals surface area contributed by atoms with Crippen LogP contribution in [0.2, 0.25) is 0 Å². The topological polar surface area (TPSA) is 15.3 Å². The Morgan fingerprint density at radius 2 is 2.18 bits per heavy atom. The molecular formula is C15H26N2. The fourth-order valence-corrected chi connectivity index (χ4v) is 2.67. The average molecular weight is 234 g/mol. The molecule has 1 saturated heterocycles. The van der Waals surface area contributed by atoms with Gasteiger partial charge in [-0.1, -0.05) is 25.5 Å². The number of nitrogens with one attached hydrogen (secondary N) is 1. The molecule has 96 valence electrons. The molecular weight excluding hydrogens is 208 g/mol. The van der Waals surface area contributed by atoms with E-state index in [9.17, 15) is 0 Å². The Kier molecular flexibility index (Phi) is 5.11. The highest BCUT2D eigenvalue weighted by Crippen LogP contribution is 2.15. The molecule has 0 saturated carbocycles. The maximum Gasteiger partial charge on any atom is 0.0282 e. The predicted octanol–water partition coefficient (Wildman–Crippen LogP) is 3.07. The van der Waals surface area contributed by atoms with Gasteiger partial charge in [-0.15, -0.1) is 0 Å². The van der Waals surface area contributed by atoms with Gasteiger partial charge in [0.1, 0.15) is 0 Å². The minimum absolute atomic E-state index is 0.714. The monoisotopic (exact) mass is 234 g/mol. The third kappa shape index (κ3) is 4.19. The number of rotatable bonds is 5. The number of allylic oxidation sites excluding steroid dienone is 4. The van der Waals surface area contributed by atoms with Crippen LogP contribution in [-0.4, -0.2) is 30.6 Å². The highest BCUT2D eigenvalue weighted by atomic mass is 15.1. The van der Waals surface area contributed by atoms with Crippen molar-refractivity contribution in [2.45, 2.75) is 51.5 Å². The first-order valence-corrected chi connectivity index (χ1v) is 7.23. The fourth-order valence-electron chi connectivity index (χ4n) is 2.67. The van der Waals surface area contributed by atoms with Gasteiger partial charge in [0, 0.05) is 24.8 Å². The van der Waals surface area contributed by atoms with Gasteiger partial charge in [0.25, 0.3) is 0 Å². The second-order valence-electron chi connectivity index (χ2n) is 5.27. The molecule has 0 aromatic carbocycles. The van der Waals surface area contributed by atoms with Gasteiger partial charge in [0.15, 0.2) is 0 Å². The Balaban J connectivity index is 1.68. The van der Waals surface area contributed by atoms with Crippen molar-refractivity contribution in [3.8, 4) is 0 Å². The van der Waals surface area contributed by atoms with E-state index in [1.165, 1.54) is 63.9 Å². The highest BCUT2D eigenvalue weighted by molar-refractivity contribution is 5.16. The average Bonchev–Trinajstić information content (AvgIpc) is 2.39. The quantitative estimate of drug-likeness (QED) is 0.786. The van der Waals surface area contributed by atoms with Gasteiger partial charge in [0.05, 0.1) is 0 Å². The smallest absolute Gasteiger partial charge is 0.0282 e. The van der Waals surface area contributed by atoms with Crippen LogP contribution in [0.3, 0.4) is 0 Å². The van der Waals surface area contributed by atoms with Crippen molar-refractivity contribution in [1.29, 1.82) is 0 Å². The first-order chi connectivity index (χ1) is 8.38. The van der Waals surface area contributed by atoms with Gasteiger partial charge in [-0.25, -0.2) is 0 Å². The molecule has 0 spiro atoms. The third-order valence-corrected chi connectivity index (χ3v) is 3.82. The summed E-state index contributed by atoms with van der Waals surface area (Å²) < 4.78 is 0. The Labute approximate surface area is 106 Å². The van der Waals surface area contributed by atoms with Crippen LogP contribution in [0, 0.1) is 0 Å². The molecule has 1 heterocycles. The Bertz CT molecular complexity index is 273. The lowest BCUT2D eigenvalue weighted by Gasteiger charge is -2.33. The molecule has 0 unspecified atom stereocenters. The number of unbranched alkanes of at least 4 members (excludes halogenated alkanes) is 1. The number of hydrogen-bond acceptors (Lipinski definition) is 2. The standard InChI is InChI=1S/C15H26N2/c1-2-3-11-17-12-9-15(10-13-17)16-14-7-5-4-6-8-14/h4-5,7,15-16H,2-3,6,8-13H2,1H3. The number of piperidine rings is 1. The Morgan fingerprint density at radius 1 is 1.35 bits per heavy atom. The first kappa shape index (κ1) is 12.7. The Hall–Kier alpha value is -0.760. The third-order valence-electron chi connectivity index (χ3n) is 3.82. The van der Waals surface area contributed by atoms with Gasteiger partial charge in [-0.05, 0) is 44.7 Å². The zero-order valence-corrected chi connectivity index (χ0v) is 11.1. The normalized spacial score (nSPS) is 22.5. The summed E-state index contributed by atoms with van der Waals surface area (Å²) in [5, 5.41) is 3.72. The van der Waals surface area contributed by atoms with Gasteiger partial charge < -0.3 is 10.2 Å². The summed E-state index contributed by atoms with van der Waals surface area (Å²) >= 11 is 0. The van der Waals surface area contributed by atoms with Crippen molar-refractivity contribution in [2.75, 3.05) is 19.6 Å². The van der Waals surface area contributed by atoms with Crippen LogP contribution in [0.4, 0.5) is 0 Å². The minimum Gasteiger partial charge on any atom is -0.386 e. The van der Waals surface area contributed by atoms with E-state index >= 15 is 0 Å². The van der Waals surface area contributed by atoms with E-state index in [4.69, 9.17) is 0 Å². The molecule has 1 aliphatic heterocycles. The van der Waals surface area contributed by atoms with Crippen molar-refractivity contribution in [1.82, 2.24) is 10.2 Å². The highest BCUT2D eigenvalue weighted by Gasteiger charge is 2.18. The van der Waals surface area contributed by atoms with E-state index in [-0.39, 0.29) is 0 Å². The second-order valence-corrected chi connectivity index (χ2v) is 5.27. The molecule has 1 fully saturated rings. The number of likely N-dealkylation sites (tertiary alicyclic amines) is 1. The molecule has 0 bridgehead atoms. The van der Waals surface area contributed by atoms with Crippen molar-refractivity contribution in [3.05, 3.63) is 23.9 Å². The van der Waals surface area contributed by atoms with Gasteiger partial charge in [-0.2, -0.15) is 0 Å². The van der Waals surface area contributed by atoms with Crippen LogP contribution in [-0.2, 0) is 0 Å². The second kappa shape index (κ2) is 6.85. The van der Waals surface area contributed by atoms with Crippen LogP contribution in [0.1, 0.15) is 45.4 Å². The van der Waals surface area contributed by atoms with Crippen molar-refractivity contribution < 1.29 is 0 Å². The van der Waals surface area contributed by atoms with E-state index in [2.05, 4.69) is 35.4 Å². The molecule has 0 radical (unpaired) electrons. The van der Waals surface area contributed by atoms with Crippen molar-refractivity contribution in [3.63, 3.8) is 0 Å². The minimum atomic E-state index is 0.714. The van der Waals surface area contributed by atoms with E-state index in [0.717, 1.165) is 0 Å². The summed E-state index contributed by atoms with van der Waals surface area (Å²) in [6.45, 7) is 6.13. The summed E-state index contributed by atoms with van der Waals surface area (Å²) in [6, 6.07) is 0.714. The molecule has 2 nitrogen and oxygen atoms in total. The van der Waals surface area contributed by atoms with Crippen LogP contribution >= 0.6 is 0 Å². The SMILES string of the molecule is CCCCN1CCC(NC2=CC=CCC2)CC1. The molecule has 0 atom stereocenters. The van der Waals surface area contributed by atoms with Gasteiger partial charge >= 0.3 is 0 Å². The molecule has 1 N–H and O–H groups in total. The van der Waals surface area contributed by atoms with Gasteiger partial charge in [-0.3, -0.25) is 0 Å². The van der Waals surface area contributed by atoms with Crippen molar-refractivity contribution >= 4 is 0 Å². The van der Waals surface area contributed by atoms with E-state index < -0.39 is 0 Å². The molecule has 17 heavy (non-hydrogen) atoms. The molecule has 0 aromatic rings. The lowest BCUT2D eigenvalue weighted by atomic mass is 10.0. The molecule has 2 rings (SSSR count). The predicted molar refractivity (Wildman–Crippen MR) is 74.0 cm³/mol. The zero-order valence-electron chi connectivity index (χ0n) is 11.1. The zero-order chi connectivity index (χ0) is 11.9. The van der Waals surface area contributed by atoms with E-state index in [1.54, 1.807) is 0 Å². The molecule has 0 aromatic heterocycles. The van der Waals surface area contributed by atoms with Crippen molar-refractivity contribution in [2.24, 2.45) is 0 Å². The van der Waals surface area contributed by atoms with Crippen LogP contribution < -0.4 is 5.32 Å². The Morgan fingerprint density at radius 3 is 2.82 bits per heavy atom. The molecule has 1 aliphatic carbocycles. The molecule has 0 amide bonds. The summed E-state index contributed by atoms with van der Waals surface area (Å²) in [4.78, 5) is 2.62. The van der Waals surface area contributed by atoms with Crippen LogP contribution in [0.5, 0.6) is 0 Å². The lowest BCUT2D eigenvalue weighted by molar-refractivity contribution is 0.199. The van der Waals surface area contributed by atoms with E-state index in [0.29, 0.717) is 6.04 Å². The summed E-state index contributed by atoms with van der Waals surface area (Å²) in [7, 11) is 0. The van der Waals surface area contributed by atoms with Crippen LogP contribution in [0.25, 0.3) is 0 Å².